The average Bonchev–Trinajstić information content (AvgIpc) is 2.86. The van der Waals surface area contributed by atoms with Crippen LogP contribution in [0.25, 0.3) is 10.9 Å². The van der Waals surface area contributed by atoms with E-state index in [9.17, 15) is 22.5 Å². The number of aromatic nitrogens is 4. The summed E-state index contributed by atoms with van der Waals surface area (Å²) in [7, 11) is -1.06. The van der Waals surface area contributed by atoms with Gasteiger partial charge in [0.25, 0.3) is 5.91 Å². The third-order valence-electron chi connectivity index (χ3n) is 5.89. The number of amides is 1. The number of halogens is 3. The number of nitrogens with two attached hydrogens (primary N) is 1. The summed E-state index contributed by atoms with van der Waals surface area (Å²) in [5.41, 5.74) is 6.87. The number of pyridine rings is 2. The molecule has 0 unspecified atom stereocenters. The number of hydrogen-bond donors (Lipinski definition) is 1. The number of hydrazine groups is 1. The number of carbonyl (C=O) groups is 1. The van der Waals surface area contributed by atoms with Gasteiger partial charge < -0.3 is 10.3 Å². The standard InChI is InChI=1S/C25H25F3N7O2P/c1-15-9-17-10-16(5-8-21(17)33-22(15)29)23(36)35(14-19-7-6-18(11-30-19)25(26,27)28)34(2)24-31-12-20(13-32-24)38(3,4)37/h5-13H,14H2,1-4H3,(H2,29,33). The summed E-state index contributed by atoms with van der Waals surface area (Å²) in [6.45, 7) is 4.81. The van der Waals surface area contributed by atoms with Gasteiger partial charge in [0.05, 0.1) is 23.3 Å². The Morgan fingerprint density at radius 1 is 1.03 bits per heavy atom. The Hall–Kier alpha value is -4.05. The zero-order valence-corrected chi connectivity index (χ0v) is 22.0. The fourth-order valence-electron chi connectivity index (χ4n) is 3.60. The largest absolute Gasteiger partial charge is 0.417 e. The van der Waals surface area contributed by atoms with E-state index in [1.165, 1.54) is 28.5 Å². The minimum atomic E-state index is -4.54. The highest BCUT2D eigenvalue weighted by Gasteiger charge is 2.31. The van der Waals surface area contributed by atoms with Crippen molar-refractivity contribution in [3.05, 3.63) is 77.4 Å². The first kappa shape index (κ1) is 27.0. The maximum atomic E-state index is 13.7. The van der Waals surface area contributed by atoms with Gasteiger partial charge >= 0.3 is 6.18 Å². The molecule has 0 atom stereocenters. The minimum absolute atomic E-state index is 0.119. The van der Waals surface area contributed by atoms with Gasteiger partial charge in [0.1, 0.15) is 13.0 Å². The summed E-state index contributed by atoms with van der Waals surface area (Å²) in [6.07, 6.45) is -0.967. The Balaban J connectivity index is 1.72. The van der Waals surface area contributed by atoms with Gasteiger partial charge in [0, 0.05) is 41.9 Å². The van der Waals surface area contributed by atoms with Gasteiger partial charge in [0.15, 0.2) is 0 Å². The summed E-state index contributed by atoms with van der Waals surface area (Å²) in [6, 6.07) is 8.84. The molecule has 9 nitrogen and oxygen atoms in total. The van der Waals surface area contributed by atoms with Crippen molar-refractivity contribution >= 4 is 41.0 Å². The predicted molar refractivity (Wildman–Crippen MR) is 140 cm³/mol. The lowest BCUT2D eigenvalue weighted by Crippen LogP contribution is -2.45. The highest BCUT2D eigenvalue weighted by atomic mass is 31.2. The van der Waals surface area contributed by atoms with Crippen LogP contribution in [0.2, 0.25) is 0 Å². The van der Waals surface area contributed by atoms with E-state index in [0.717, 1.165) is 17.8 Å². The molecule has 0 saturated carbocycles. The molecule has 1 amide bonds. The van der Waals surface area contributed by atoms with Crippen LogP contribution in [0.5, 0.6) is 0 Å². The van der Waals surface area contributed by atoms with Crippen LogP contribution in [0.4, 0.5) is 24.9 Å². The third kappa shape index (κ3) is 5.75. The van der Waals surface area contributed by atoms with Crippen LogP contribution in [-0.4, -0.2) is 51.2 Å². The van der Waals surface area contributed by atoms with Gasteiger partial charge in [-0.15, -0.1) is 0 Å². The lowest BCUT2D eigenvalue weighted by Gasteiger charge is -2.32. The highest BCUT2D eigenvalue weighted by Crippen LogP contribution is 2.34. The Labute approximate surface area is 216 Å². The van der Waals surface area contributed by atoms with Gasteiger partial charge in [-0.2, -0.15) is 13.2 Å². The maximum Gasteiger partial charge on any atom is 0.417 e. The number of benzene rings is 1. The molecule has 0 aliphatic rings. The second-order valence-corrected chi connectivity index (χ2v) is 12.3. The summed E-state index contributed by atoms with van der Waals surface area (Å²) in [5, 5.41) is 3.80. The smallest absolute Gasteiger partial charge is 0.383 e. The van der Waals surface area contributed by atoms with E-state index in [4.69, 9.17) is 5.73 Å². The Bertz CT molecular complexity index is 1540. The van der Waals surface area contributed by atoms with Gasteiger partial charge in [-0.1, -0.05) is 0 Å². The lowest BCUT2D eigenvalue weighted by molar-refractivity contribution is -0.137. The molecule has 3 aromatic heterocycles. The van der Waals surface area contributed by atoms with Crippen LogP contribution in [0.3, 0.4) is 0 Å². The van der Waals surface area contributed by atoms with Crippen molar-refractivity contribution in [3.63, 3.8) is 0 Å². The number of carbonyl (C=O) groups excluding carboxylic acids is 1. The quantitative estimate of drug-likeness (QED) is 0.283. The lowest BCUT2D eigenvalue weighted by atomic mass is 10.1. The molecule has 0 aliphatic carbocycles. The van der Waals surface area contributed by atoms with Crippen LogP contribution < -0.4 is 16.0 Å². The number of alkyl halides is 3. The number of aryl methyl sites for hydroxylation is 1. The van der Waals surface area contributed by atoms with E-state index >= 15 is 0 Å². The Morgan fingerprint density at radius 2 is 1.71 bits per heavy atom. The Morgan fingerprint density at radius 3 is 2.29 bits per heavy atom. The summed E-state index contributed by atoms with van der Waals surface area (Å²) >= 11 is 0. The molecule has 4 aromatic rings. The molecular weight excluding hydrogens is 518 g/mol. The normalized spacial score (nSPS) is 12.0. The van der Waals surface area contributed by atoms with E-state index < -0.39 is 24.8 Å². The van der Waals surface area contributed by atoms with Crippen molar-refractivity contribution in [2.75, 3.05) is 31.1 Å². The first-order valence-electron chi connectivity index (χ1n) is 11.4. The molecule has 13 heteroatoms. The molecule has 4 rings (SSSR count). The summed E-state index contributed by atoms with van der Waals surface area (Å²) in [4.78, 5) is 30.5. The van der Waals surface area contributed by atoms with Crippen LogP contribution in [0, 0.1) is 6.92 Å². The van der Waals surface area contributed by atoms with Crippen molar-refractivity contribution in [2.45, 2.75) is 19.6 Å². The summed E-state index contributed by atoms with van der Waals surface area (Å²) in [5.74, 6) is 0.0269. The number of nitrogens with zero attached hydrogens (tertiary/aromatic N) is 6. The van der Waals surface area contributed by atoms with Gasteiger partial charge in [-0.3, -0.25) is 14.8 Å². The number of hydrogen-bond acceptors (Lipinski definition) is 8. The number of rotatable bonds is 6. The molecule has 0 spiro atoms. The minimum Gasteiger partial charge on any atom is -0.383 e. The molecule has 38 heavy (non-hydrogen) atoms. The van der Waals surface area contributed by atoms with Crippen molar-refractivity contribution in [2.24, 2.45) is 0 Å². The second-order valence-electron chi connectivity index (χ2n) is 9.11. The number of nitrogen functional groups attached to an aromatic ring is 1. The third-order valence-corrected chi connectivity index (χ3v) is 7.36. The molecule has 0 aliphatic heterocycles. The first-order valence-corrected chi connectivity index (χ1v) is 14.0. The molecule has 1 aromatic carbocycles. The van der Waals surface area contributed by atoms with E-state index in [1.54, 1.807) is 45.5 Å². The van der Waals surface area contributed by atoms with Crippen molar-refractivity contribution in [3.8, 4) is 0 Å². The SMILES string of the molecule is Cc1cc2cc(C(=O)N(Cc3ccc(C(F)(F)F)cn3)N(C)c3ncc(P(C)(C)=O)cn3)ccc2nc1N. The van der Waals surface area contributed by atoms with Gasteiger partial charge in [0.2, 0.25) is 5.95 Å². The topological polar surface area (TPSA) is 118 Å². The van der Waals surface area contributed by atoms with E-state index in [-0.39, 0.29) is 18.2 Å². The van der Waals surface area contributed by atoms with Crippen molar-refractivity contribution < 1.29 is 22.5 Å². The van der Waals surface area contributed by atoms with Crippen LogP contribution in [0.1, 0.15) is 27.2 Å². The fourth-order valence-corrected chi connectivity index (χ4v) is 4.27. The first-order chi connectivity index (χ1) is 17.7. The molecule has 198 valence electrons. The zero-order valence-electron chi connectivity index (χ0n) is 21.1. The molecule has 0 bridgehead atoms. The molecular formula is C25H25F3N7O2P. The average molecular weight is 543 g/mol. The zero-order chi connectivity index (χ0) is 27.8. The summed E-state index contributed by atoms with van der Waals surface area (Å²) < 4.78 is 51.4. The monoisotopic (exact) mass is 543 g/mol. The molecule has 0 fully saturated rings. The molecule has 0 radical (unpaired) electrons. The van der Waals surface area contributed by atoms with E-state index in [2.05, 4.69) is 19.9 Å². The van der Waals surface area contributed by atoms with Gasteiger partial charge in [-0.25, -0.2) is 20.0 Å². The highest BCUT2D eigenvalue weighted by molar-refractivity contribution is 7.70. The van der Waals surface area contributed by atoms with E-state index in [1.807, 2.05) is 6.07 Å². The van der Waals surface area contributed by atoms with E-state index in [0.29, 0.717) is 27.6 Å². The van der Waals surface area contributed by atoms with Crippen molar-refractivity contribution in [1.29, 1.82) is 0 Å². The maximum absolute atomic E-state index is 13.7. The number of fused-ring (bicyclic) bond motifs is 1. The Kier molecular flexibility index (Phi) is 7.12. The van der Waals surface area contributed by atoms with Gasteiger partial charge in [-0.05, 0) is 62.2 Å². The fraction of sp³-hybridized carbons (Fsp3) is 0.240. The van der Waals surface area contributed by atoms with Crippen LogP contribution >= 0.6 is 7.14 Å². The second kappa shape index (κ2) is 10.0. The van der Waals surface area contributed by atoms with Crippen LogP contribution in [-0.2, 0) is 17.3 Å². The molecule has 3 heterocycles. The predicted octanol–water partition coefficient (Wildman–Crippen LogP) is 4.27. The van der Waals surface area contributed by atoms with Crippen molar-refractivity contribution in [1.82, 2.24) is 24.9 Å². The molecule has 0 saturated heterocycles. The molecule has 2 N–H and O–H groups in total. The van der Waals surface area contributed by atoms with Crippen LogP contribution in [0.15, 0.2) is 55.0 Å². The number of anilines is 2.